The van der Waals surface area contributed by atoms with Gasteiger partial charge in [0.1, 0.15) is 0 Å². The average Bonchev–Trinajstić information content (AvgIpc) is 2.52. The first-order chi connectivity index (χ1) is 10.5. The summed E-state index contributed by atoms with van der Waals surface area (Å²) in [7, 11) is 2.15. The van der Waals surface area contributed by atoms with Gasteiger partial charge in [0, 0.05) is 49.4 Å². The Balaban J connectivity index is 2.42. The van der Waals surface area contributed by atoms with Gasteiger partial charge < -0.3 is 14.8 Å². The van der Waals surface area contributed by atoms with Gasteiger partial charge in [0.25, 0.3) is 5.56 Å². The van der Waals surface area contributed by atoms with E-state index in [9.17, 15) is 4.79 Å². The molecule has 4 nitrogen and oxygen atoms in total. The van der Waals surface area contributed by atoms with E-state index in [0.717, 1.165) is 37.9 Å². The zero-order valence-electron chi connectivity index (χ0n) is 14.8. The fourth-order valence-corrected chi connectivity index (χ4v) is 3.08. The second kappa shape index (κ2) is 7.42. The highest BCUT2D eigenvalue weighted by Gasteiger charge is 2.22. The predicted molar refractivity (Wildman–Crippen MR) is 92.3 cm³/mol. The Kier molecular flexibility index (Phi) is 5.81. The van der Waals surface area contributed by atoms with E-state index < -0.39 is 0 Å². The van der Waals surface area contributed by atoms with Crippen molar-refractivity contribution in [2.45, 2.75) is 72.1 Å². The predicted octanol–water partition coefficient (Wildman–Crippen LogP) is 2.70. The summed E-state index contributed by atoms with van der Waals surface area (Å²) in [5.74, 6) is 0. The van der Waals surface area contributed by atoms with Crippen LogP contribution in [-0.4, -0.2) is 29.1 Å². The largest absolute Gasteiger partial charge is 0.310 e. The van der Waals surface area contributed by atoms with Gasteiger partial charge in [-0.2, -0.15) is 0 Å². The normalized spacial score (nSPS) is 18.0. The van der Waals surface area contributed by atoms with E-state index in [2.05, 4.69) is 55.6 Å². The minimum Gasteiger partial charge on any atom is -0.310 e. The van der Waals surface area contributed by atoms with Gasteiger partial charge in [-0.15, -0.1) is 0 Å². The van der Waals surface area contributed by atoms with E-state index in [1.54, 1.807) is 0 Å². The van der Waals surface area contributed by atoms with Crippen LogP contribution in [0.1, 0.15) is 63.4 Å². The molecule has 2 heterocycles. The van der Waals surface area contributed by atoms with Crippen LogP contribution in [0.4, 0.5) is 0 Å². The number of nitrogens with zero attached hydrogens (tertiary/aromatic N) is 2. The molecule has 0 radical (unpaired) electrons. The molecule has 124 valence electrons. The summed E-state index contributed by atoms with van der Waals surface area (Å²) in [5, 5.41) is 3.46. The molecule has 0 spiro atoms. The highest BCUT2D eigenvalue weighted by atomic mass is 16.1. The SMILES string of the molecule is CCC(C)NCc1cc2c(n(C(C)CC)c1=O)CCN(C)C2. The Hall–Kier alpha value is -1.13. The number of hydrogen-bond acceptors (Lipinski definition) is 3. The minimum absolute atomic E-state index is 0.202. The monoisotopic (exact) mass is 305 g/mol. The third-order valence-electron chi connectivity index (χ3n) is 4.96. The van der Waals surface area contributed by atoms with Crippen molar-refractivity contribution in [1.29, 1.82) is 0 Å². The first-order valence-corrected chi connectivity index (χ1v) is 8.65. The molecule has 0 saturated heterocycles. The Bertz CT molecular complexity index is 564. The van der Waals surface area contributed by atoms with Crippen LogP contribution in [0.5, 0.6) is 0 Å². The number of fused-ring (bicyclic) bond motifs is 1. The average molecular weight is 305 g/mol. The summed E-state index contributed by atoms with van der Waals surface area (Å²) in [6, 6.07) is 2.85. The first kappa shape index (κ1) is 17.2. The van der Waals surface area contributed by atoms with E-state index >= 15 is 0 Å². The molecule has 4 heteroatoms. The van der Waals surface area contributed by atoms with E-state index in [1.807, 2.05) is 0 Å². The molecule has 1 aromatic heterocycles. The van der Waals surface area contributed by atoms with Gasteiger partial charge in [-0.25, -0.2) is 0 Å². The topological polar surface area (TPSA) is 37.3 Å². The first-order valence-electron chi connectivity index (χ1n) is 8.65. The number of hydrogen-bond donors (Lipinski definition) is 1. The van der Waals surface area contributed by atoms with Gasteiger partial charge in [-0.1, -0.05) is 13.8 Å². The number of likely N-dealkylation sites (N-methyl/N-ethyl adjacent to an activating group) is 1. The highest BCUT2D eigenvalue weighted by Crippen LogP contribution is 2.21. The Morgan fingerprint density at radius 2 is 2.00 bits per heavy atom. The smallest absolute Gasteiger partial charge is 0.255 e. The molecular weight excluding hydrogens is 274 g/mol. The Labute approximate surface area is 134 Å². The summed E-state index contributed by atoms with van der Waals surface area (Å²) in [5.41, 5.74) is 3.70. The number of aromatic nitrogens is 1. The van der Waals surface area contributed by atoms with Crippen molar-refractivity contribution in [3.63, 3.8) is 0 Å². The van der Waals surface area contributed by atoms with E-state index in [4.69, 9.17) is 0 Å². The maximum absolute atomic E-state index is 12.9. The van der Waals surface area contributed by atoms with Crippen LogP contribution in [-0.2, 0) is 19.5 Å². The Morgan fingerprint density at radius 1 is 1.27 bits per heavy atom. The van der Waals surface area contributed by atoms with Crippen LogP contribution in [0.3, 0.4) is 0 Å². The number of pyridine rings is 1. The van der Waals surface area contributed by atoms with Crippen LogP contribution in [0.2, 0.25) is 0 Å². The summed E-state index contributed by atoms with van der Waals surface area (Å²) in [6.07, 6.45) is 3.04. The van der Waals surface area contributed by atoms with Gasteiger partial charge in [0.15, 0.2) is 0 Å². The van der Waals surface area contributed by atoms with Crippen molar-refractivity contribution in [3.05, 3.63) is 33.2 Å². The molecule has 1 N–H and O–H groups in total. The van der Waals surface area contributed by atoms with Crippen LogP contribution in [0, 0.1) is 0 Å². The maximum Gasteiger partial charge on any atom is 0.255 e. The lowest BCUT2D eigenvalue weighted by atomic mass is 10.0. The van der Waals surface area contributed by atoms with E-state index in [-0.39, 0.29) is 11.6 Å². The molecule has 1 aromatic rings. The van der Waals surface area contributed by atoms with Crippen molar-refractivity contribution in [2.75, 3.05) is 13.6 Å². The van der Waals surface area contributed by atoms with Crippen molar-refractivity contribution >= 4 is 0 Å². The fraction of sp³-hybridized carbons (Fsp3) is 0.722. The second-order valence-electron chi connectivity index (χ2n) is 6.75. The molecular formula is C18H31N3O. The van der Waals surface area contributed by atoms with Crippen molar-refractivity contribution in [1.82, 2.24) is 14.8 Å². The lowest BCUT2D eigenvalue weighted by molar-refractivity contribution is 0.299. The molecule has 1 aliphatic heterocycles. The molecule has 0 amide bonds. The van der Waals surface area contributed by atoms with Gasteiger partial charge in [-0.3, -0.25) is 4.79 Å². The van der Waals surface area contributed by atoms with Crippen molar-refractivity contribution in [3.8, 4) is 0 Å². The summed E-state index contributed by atoms with van der Waals surface area (Å²) in [4.78, 5) is 15.3. The van der Waals surface area contributed by atoms with Crippen molar-refractivity contribution in [2.24, 2.45) is 0 Å². The minimum atomic E-state index is 0.202. The van der Waals surface area contributed by atoms with Crippen LogP contribution >= 0.6 is 0 Å². The molecule has 2 atom stereocenters. The van der Waals surface area contributed by atoms with Crippen molar-refractivity contribution < 1.29 is 0 Å². The number of rotatable bonds is 6. The Morgan fingerprint density at radius 3 is 2.64 bits per heavy atom. The molecule has 0 aromatic carbocycles. The van der Waals surface area contributed by atoms with Crippen LogP contribution in [0.15, 0.2) is 10.9 Å². The fourth-order valence-electron chi connectivity index (χ4n) is 3.08. The number of nitrogens with one attached hydrogen (secondary N) is 1. The maximum atomic E-state index is 12.9. The van der Waals surface area contributed by atoms with Crippen LogP contribution < -0.4 is 10.9 Å². The molecule has 0 fully saturated rings. The molecule has 1 aliphatic rings. The lowest BCUT2D eigenvalue weighted by Crippen LogP contribution is -2.38. The molecule has 0 saturated carbocycles. The molecule has 2 rings (SSSR count). The van der Waals surface area contributed by atoms with E-state index in [1.165, 1.54) is 11.3 Å². The zero-order chi connectivity index (χ0) is 16.3. The van der Waals surface area contributed by atoms with Gasteiger partial charge >= 0.3 is 0 Å². The molecule has 22 heavy (non-hydrogen) atoms. The zero-order valence-corrected chi connectivity index (χ0v) is 14.8. The molecule has 0 aliphatic carbocycles. The lowest BCUT2D eigenvalue weighted by Gasteiger charge is -2.30. The van der Waals surface area contributed by atoms with Gasteiger partial charge in [-0.05, 0) is 45.4 Å². The van der Waals surface area contributed by atoms with Gasteiger partial charge in [0.2, 0.25) is 0 Å². The second-order valence-corrected chi connectivity index (χ2v) is 6.75. The van der Waals surface area contributed by atoms with Crippen LogP contribution in [0.25, 0.3) is 0 Å². The quantitative estimate of drug-likeness (QED) is 0.878. The highest BCUT2D eigenvalue weighted by molar-refractivity contribution is 5.29. The van der Waals surface area contributed by atoms with E-state index in [0.29, 0.717) is 12.6 Å². The standard InChI is InChI=1S/C18H31N3O/c1-6-13(3)19-11-15-10-16-12-20(5)9-8-17(16)21(18(15)22)14(4)7-2/h10,13-14,19H,6-9,11-12H2,1-5H3. The summed E-state index contributed by atoms with van der Waals surface area (Å²) in [6.45, 7) is 11.3. The van der Waals surface area contributed by atoms with Gasteiger partial charge in [0.05, 0.1) is 0 Å². The third-order valence-corrected chi connectivity index (χ3v) is 4.96. The third kappa shape index (κ3) is 3.61. The molecule has 0 bridgehead atoms. The summed E-state index contributed by atoms with van der Waals surface area (Å²) >= 11 is 0. The summed E-state index contributed by atoms with van der Waals surface area (Å²) < 4.78 is 2.07. The molecule has 2 unspecified atom stereocenters.